The third-order valence-corrected chi connectivity index (χ3v) is 4.30. The standard InChI is InChI=1S/C16H23N5O3/c1-20-10-12(9-18-20)15-11(5-4-6-24-15)8-17-16(22)13-7-14(23-3)21(2)19-13/h7,9-11,15H,4-6,8H2,1-3H3,(H,17,22)/t11-,15+/m0/s1. The summed E-state index contributed by atoms with van der Waals surface area (Å²) in [5, 5.41) is 11.3. The van der Waals surface area contributed by atoms with Gasteiger partial charge in [-0.15, -0.1) is 0 Å². The van der Waals surface area contributed by atoms with E-state index in [1.54, 1.807) is 24.9 Å². The van der Waals surface area contributed by atoms with Crippen LogP contribution in [0.3, 0.4) is 0 Å². The van der Waals surface area contributed by atoms with Gasteiger partial charge in [-0.25, -0.2) is 4.68 Å². The van der Waals surface area contributed by atoms with Gasteiger partial charge in [0.25, 0.3) is 5.91 Å². The van der Waals surface area contributed by atoms with E-state index in [9.17, 15) is 4.79 Å². The van der Waals surface area contributed by atoms with Crippen LogP contribution in [0.1, 0.15) is 35.0 Å². The Morgan fingerprint density at radius 2 is 2.33 bits per heavy atom. The summed E-state index contributed by atoms with van der Waals surface area (Å²) in [6.07, 6.45) is 5.76. The van der Waals surface area contributed by atoms with Gasteiger partial charge in [-0.3, -0.25) is 9.48 Å². The Kier molecular flexibility index (Phi) is 4.84. The van der Waals surface area contributed by atoms with Crippen LogP contribution in [-0.4, -0.2) is 45.7 Å². The van der Waals surface area contributed by atoms with E-state index in [1.165, 1.54) is 4.68 Å². The zero-order valence-corrected chi connectivity index (χ0v) is 14.2. The van der Waals surface area contributed by atoms with E-state index >= 15 is 0 Å². The van der Waals surface area contributed by atoms with Crippen LogP contribution in [0.25, 0.3) is 0 Å². The van der Waals surface area contributed by atoms with E-state index in [1.807, 2.05) is 19.4 Å². The van der Waals surface area contributed by atoms with Crippen molar-refractivity contribution >= 4 is 5.91 Å². The molecule has 1 fully saturated rings. The molecule has 1 aliphatic rings. The summed E-state index contributed by atoms with van der Waals surface area (Å²) in [5.74, 6) is 0.566. The number of carbonyl (C=O) groups is 1. The van der Waals surface area contributed by atoms with Gasteiger partial charge in [0, 0.05) is 51.0 Å². The minimum absolute atomic E-state index is 0.0361. The molecule has 1 saturated heterocycles. The number of ether oxygens (including phenoxy) is 2. The highest BCUT2D eigenvalue weighted by Gasteiger charge is 2.29. The minimum Gasteiger partial charge on any atom is -0.481 e. The number of carbonyl (C=O) groups excluding carboxylic acids is 1. The molecule has 1 N–H and O–H groups in total. The molecule has 0 radical (unpaired) electrons. The van der Waals surface area contributed by atoms with Crippen molar-refractivity contribution in [1.29, 1.82) is 0 Å². The van der Waals surface area contributed by atoms with Gasteiger partial charge < -0.3 is 14.8 Å². The number of aromatic nitrogens is 4. The SMILES string of the molecule is COc1cc(C(=O)NC[C@@H]2CCCO[C@H]2c2cnn(C)c2)nn1C. The highest BCUT2D eigenvalue weighted by atomic mass is 16.5. The molecule has 0 bridgehead atoms. The lowest BCUT2D eigenvalue weighted by atomic mass is 9.91. The lowest BCUT2D eigenvalue weighted by Crippen LogP contribution is -2.35. The Labute approximate surface area is 140 Å². The molecule has 8 nitrogen and oxygen atoms in total. The van der Waals surface area contributed by atoms with Crippen molar-refractivity contribution in [2.24, 2.45) is 20.0 Å². The van der Waals surface area contributed by atoms with Gasteiger partial charge in [0.2, 0.25) is 5.88 Å². The Hall–Kier alpha value is -2.35. The van der Waals surface area contributed by atoms with E-state index in [-0.39, 0.29) is 17.9 Å². The first-order valence-electron chi connectivity index (χ1n) is 8.05. The van der Waals surface area contributed by atoms with Crippen molar-refractivity contribution in [2.45, 2.75) is 18.9 Å². The molecule has 3 rings (SSSR count). The first-order chi connectivity index (χ1) is 11.6. The molecular weight excluding hydrogens is 310 g/mol. The van der Waals surface area contributed by atoms with Crippen molar-refractivity contribution < 1.29 is 14.3 Å². The summed E-state index contributed by atoms with van der Waals surface area (Å²) in [6.45, 7) is 1.28. The summed E-state index contributed by atoms with van der Waals surface area (Å²) in [6, 6.07) is 1.63. The van der Waals surface area contributed by atoms with E-state index < -0.39 is 0 Å². The Bertz CT molecular complexity index is 708. The van der Waals surface area contributed by atoms with E-state index in [2.05, 4.69) is 15.5 Å². The number of hydrogen-bond acceptors (Lipinski definition) is 5. The fourth-order valence-corrected chi connectivity index (χ4v) is 3.07. The highest BCUT2D eigenvalue weighted by molar-refractivity contribution is 5.92. The van der Waals surface area contributed by atoms with Crippen LogP contribution in [0.5, 0.6) is 5.88 Å². The summed E-state index contributed by atoms with van der Waals surface area (Å²) in [7, 11) is 5.18. The molecule has 2 aromatic heterocycles. The average molecular weight is 333 g/mol. The molecule has 2 atom stereocenters. The molecule has 8 heteroatoms. The molecule has 0 aliphatic carbocycles. The topological polar surface area (TPSA) is 83.2 Å². The zero-order chi connectivity index (χ0) is 17.1. The molecule has 0 aromatic carbocycles. The lowest BCUT2D eigenvalue weighted by molar-refractivity contribution is -0.0273. The van der Waals surface area contributed by atoms with Crippen LogP contribution >= 0.6 is 0 Å². The number of nitrogens with one attached hydrogen (secondary N) is 1. The van der Waals surface area contributed by atoms with Crippen LogP contribution in [0.15, 0.2) is 18.5 Å². The maximum absolute atomic E-state index is 12.3. The van der Waals surface area contributed by atoms with Crippen LogP contribution in [0.2, 0.25) is 0 Å². The number of nitrogens with zero attached hydrogens (tertiary/aromatic N) is 4. The van der Waals surface area contributed by atoms with E-state index in [0.717, 1.165) is 25.0 Å². The van der Waals surface area contributed by atoms with Crippen molar-refractivity contribution in [2.75, 3.05) is 20.3 Å². The molecule has 24 heavy (non-hydrogen) atoms. The average Bonchev–Trinajstić information content (AvgIpc) is 3.18. The van der Waals surface area contributed by atoms with Crippen LogP contribution in [0.4, 0.5) is 0 Å². The molecular formula is C16H23N5O3. The summed E-state index contributed by atoms with van der Waals surface area (Å²) in [4.78, 5) is 12.3. The Morgan fingerprint density at radius 3 is 3.00 bits per heavy atom. The molecule has 0 unspecified atom stereocenters. The van der Waals surface area contributed by atoms with Gasteiger partial charge in [-0.05, 0) is 12.8 Å². The number of aryl methyl sites for hydroxylation is 2. The fourth-order valence-electron chi connectivity index (χ4n) is 3.07. The van der Waals surface area contributed by atoms with Gasteiger partial charge in [-0.1, -0.05) is 0 Å². The van der Waals surface area contributed by atoms with Crippen LogP contribution < -0.4 is 10.1 Å². The normalized spacial score (nSPS) is 20.8. The number of methoxy groups -OCH3 is 1. The molecule has 130 valence electrons. The number of hydrogen-bond donors (Lipinski definition) is 1. The Balaban J connectivity index is 1.64. The van der Waals surface area contributed by atoms with Crippen molar-refractivity contribution in [3.05, 3.63) is 29.7 Å². The van der Waals surface area contributed by atoms with Gasteiger partial charge in [0.05, 0.1) is 19.4 Å². The molecule has 1 aliphatic heterocycles. The van der Waals surface area contributed by atoms with Gasteiger partial charge in [0.1, 0.15) is 0 Å². The van der Waals surface area contributed by atoms with Crippen LogP contribution in [0, 0.1) is 5.92 Å². The smallest absolute Gasteiger partial charge is 0.271 e. The van der Waals surface area contributed by atoms with Crippen molar-refractivity contribution in [3.8, 4) is 5.88 Å². The van der Waals surface area contributed by atoms with Crippen molar-refractivity contribution in [3.63, 3.8) is 0 Å². The highest BCUT2D eigenvalue weighted by Crippen LogP contribution is 2.32. The molecule has 3 heterocycles. The monoisotopic (exact) mass is 333 g/mol. The second kappa shape index (κ2) is 7.04. The second-order valence-corrected chi connectivity index (χ2v) is 6.05. The molecule has 2 aromatic rings. The summed E-state index contributed by atoms with van der Waals surface area (Å²) >= 11 is 0. The third kappa shape index (κ3) is 3.43. The zero-order valence-electron chi connectivity index (χ0n) is 14.2. The molecule has 0 saturated carbocycles. The van der Waals surface area contributed by atoms with E-state index in [0.29, 0.717) is 18.1 Å². The summed E-state index contributed by atoms with van der Waals surface area (Å²) in [5.41, 5.74) is 1.40. The van der Waals surface area contributed by atoms with Gasteiger partial charge >= 0.3 is 0 Å². The first kappa shape index (κ1) is 16.5. The largest absolute Gasteiger partial charge is 0.481 e. The van der Waals surface area contributed by atoms with Crippen LogP contribution in [-0.2, 0) is 18.8 Å². The maximum Gasteiger partial charge on any atom is 0.271 e. The lowest BCUT2D eigenvalue weighted by Gasteiger charge is -2.31. The van der Waals surface area contributed by atoms with Gasteiger partial charge in [0.15, 0.2) is 5.69 Å². The van der Waals surface area contributed by atoms with E-state index in [4.69, 9.17) is 9.47 Å². The maximum atomic E-state index is 12.3. The fraction of sp³-hybridized carbons (Fsp3) is 0.562. The molecule has 1 amide bonds. The summed E-state index contributed by atoms with van der Waals surface area (Å²) < 4.78 is 14.4. The predicted octanol–water partition coefficient (Wildman–Crippen LogP) is 1.06. The predicted molar refractivity (Wildman–Crippen MR) is 86.7 cm³/mol. The van der Waals surface area contributed by atoms with Crippen molar-refractivity contribution in [1.82, 2.24) is 24.9 Å². The number of rotatable bonds is 5. The quantitative estimate of drug-likeness (QED) is 0.884. The minimum atomic E-state index is -0.204. The van der Waals surface area contributed by atoms with Gasteiger partial charge in [-0.2, -0.15) is 10.2 Å². The number of amides is 1. The first-order valence-corrected chi connectivity index (χ1v) is 8.05. The third-order valence-electron chi connectivity index (χ3n) is 4.30. The molecule has 0 spiro atoms. The second-order valence-electron chi connectivity index (χ2n) is 6.05. The Morgan fingerprint density at radius 1 is 1.50 bits per heavy atom.